The Balaban J connectivity index is 0.000000533. The Hall–Kier alpha value is -3.88. The van der Waals surface area contributed by atoms with Crippen molar-refractivity contribution < 1.29 is 38.2 Å². The van der Waals surface area contributed by atoms with E-state index in [2.05, 4.69) is 20.4 Å². The molecule has 2 aromatic carbocycles. The third kappa shape index (κ3) is 7.30. The van der Waals surface area contributed by atoms with Crippen LogP contribution < -0.4 is 0 Å². The van der Waals surface area contributed by atoms with Gasteiger partial charge in [0.15, 0.2) is 28.9 Å². The summed E-state index contributed by atoms with van der Waals surface area (Å²) in [7, 11) is 3.42. The molecule has 0 saturated carbocycles. The molecule has 42 heavy (non-hydrogen) atoms. The van der Waals surface area contributed by atoms with Crippen molar-refractivity contribution in [2.24, 2.45) is 11.8 Å². The van der Waals surface area contributed by atoms with Crippen LogP contribution in [0.25, 0.3) is 5.57 Å². The van der Waals surface area contributed by atoms with Crippen LogP contribution in [0.5, 0.6) is 0 Å². The Morgan fingerprint density at radius 1 is 0.643 bits per heavy atom. The first-order valence-corrected chi connectivity index (χ1v) is 14.2. The summed E-state index contributed by atoms with van der Waals surface area (Å²) in [5, 5.41) is 0. The van der Waals surface area contributed by atoms with Crippen LogP contribution in [0, 0.1) is 11.8 Å². The highest BCUT2D eigenvalue weighted by atomic mass is 16.5. The minimum atomic E-state index is -1.34. The average molecular weight is 577 g/mol. The third-order valence-corrected chi connectivity index (χ3v) is 7.00. The normalized spacial score (nSPS) is 16.6. The molecule has 4 rings (SSSR count). The molecule has 8 heteroatoms. The molecule has 224 valence electrons. The molecule has 0 heterocycles. The maximum atomic E-state index is 13.1. The summed E-state index contributed by atoms with van der Waals surface area (Å²) >= 11 is 0. The molecule has 2 atom stereocenters. The van der Waals surface area contributed by atoms with Crippen molar-refractivity contribution in [2.45, 2.75) is 53.4 Å². The van der Waals surface area contributed by atoms with E-state index in [9.17, 15) is 28.8 Å². The molecular formula is C34H40O8. The van der Waals surface area contributed by atoms with Gasteiger partial charge in [-0.3, -0.25) is 28.8 Å². The van der Waals surface area contributed by atoms with Crippen molar-refractivity contribution in [1.29, 1.82) is 0 Å². The van der Waals surface area contributed by atoms with E-state index in [1.807, 2.05) is 0 Å². The van der Waals surface area contributed by atoms with Crippen molar-refractivity contribution in [1.82, 2.24) is 0 Å². The number of allylic oxidation sites excluding steroid dienone is 1. The van der Waals surface area contributed by atoms with Crippen molar-refractivity contribution >= 4 is 40.3 Å². The number of ether oxygens (including phenoxy) is 2. The van der Waals surface area contributed by atoms with Crippen molar-refractivity contribution in [3.8, 4) is 0 Å². The molecule has 0 fully saturated rings. The monoisotopic (exact) mass is 576 g/mol. The molecule has 0 amide bonds. The number of rotatable bonds is 10. The maximum Gasteiger partial charge on any atom is 0.193 e. The first kappa shape index (κ1) is 34.3. The van der Waals surface area contributed by atoms with Crippen LogP contribution in [0.3, 0.4) is 0 Å². The summed E-state index contributed by atoms with van der Waals surface area (Å²) in [4.78, 5) is 75.2. The van der Waals surface area contributed by atoms with Crippen LogP contribution in [-0.2, 0) is 19.1 Å². The molecule has 0 radical (unpaired) electrons. The number of benzene rings is 2. The summed E-state index contributed by atoms with van der Waals surface area (Å²) in [6.45, 7) is 13.1. The number of methoxy groups -OCH3 is 2. The topological polar surface area (TPSA) is 121 Å². The quantitative estimate of drug-likeness (QED) is 0.258. The van der Waals surface area contributed by atoms with Gasteiger partial charge in [-0.1, -0.05) is 52.5 Å². The highest BCUT2D eigenvalue weighted by Crippen LogP contribution is 2.38. The lowest BCUT2D eigenvalue weighted by molar-refractivity contribution is -0.120. The van der Waals surface area contributed by atoms with Crippen LogP contribution in [0.2, 0.25) is 0 Å². The fourth-order valence-electron chi connectivity index (χ4n) is 4.79. The molecule has 0 bridgehead atoms. The minimum absolute atomic E-state index is 0.0619. The minimum Gasteiger partial charge on any atom is -0.385 e. The number of ketones is 6. The molecule has 2 aliphatic carbocycles. The van der Waals surface area contributed by atoms with Gasteiger partial charge in [-0.05, 0) is 42.2 Å². The Labute approximate surface area is 247 Å². The smallest absolute Gasteiger partial charge is 0.193 e. The molecule has 2 aromatic rings. The summed E-state index contributed by atoms with van der Waals surface area (Å²) in [5.74, 6) is -4.86. The summed E-state index contributed by atoms with van der Waals surface area (Å²) in [6, 6.07) is 8.74. The maximum absolute atomic E-state index is 13.1. The molecule has 0 spiro atoms. The molecule has 0 saturated heterocycles. The summed E-state index contributed by atoms with van der Waals surface area (Å²) in [5.41, 5.74) is 1.84. The van der Waals surface area contributed by atoms with Crippen molar-refractivity contribution in [3.05, 3.63) is 76.4 Å². The van der Waals surface area contributed by atoms with Gasteiger partial charge in [0, 0.05) is 68.1 Å². The zero-order chi connectivity index (χ0) is 31.6. The number of carbonyl (C=O) groups is 6. The molecule has 2 aliphatic rings. The second kappa shape index (κ2) is 15.9. The molecule has 0 aliphatic heterocycles. The van der Waals surface area contributed by atoms with Gasteiger partial charge in [0.2, 0.25) is 0 Å². The van der Waals surface area contributed by atoms with Crippen molar-refractivity contribution in [2.75, 3.05) is 27.4 Å². The van der Waals surface area contributed by atoms with E-state index in [0.29, 0.717) is 11.1 Å². The largest absolute Gasteiger partial charge is 0.385 e. The Morgan fingerprint density at radius 3 is 1.48 bits per heavy atom. The van der Waals surface area contributed by atoms with Crippen LogP contribution in [-0.4, -0.2) is 62.1 Å². The SMILES string of the molecule is C=C1c2ccc(C(=O)c3ccc4c(c3)C(=O)C(C(=O)CC)C4=O)cc2C(=O)C1C(=O)CC.CCCOC.CCCOC. The van der Waals surface area contributed by atoms with Gasteiger partial charge in [0.05, 0.1) is 0 Å². The van der Waals surface area contributed by atoms with E-state index in [1.165, 1.54) is 24.3 Å². The lowest BCUT2D eigenvalue weighted by Crippen LogP contribution is -2.24. The zero-order valence-electron chi connectivity index (χ0n) is 25.3. The predicted molar refractivity (Wildman–Crippen MR) is 160 cm³/mol. The second-order valence-electron chi connectivity index (χ2n) is 9.96. The lowest BCUT2D eigenvalue weighted by atomic mass is 9.94. The van der Waals surface area contributed by atoms with E-state index in [-0.39, 0.29) is 52.2 Å². The molecule has 0 N–H and O–H groups in total. The zero-order valence-corrected chi connectivity index (χ0v) is 25.3. The Kier molecular flexibility index (Phi) is 13.0. The molecule has 2 unspecified atom stereocenters. The van der Waals surface area contributed by atoms with E-state index in [0.717, 1.165) is 26.1 Å². The highest BCUT2D eigenvalue weighted by Gasteiger charge is 2.43. The van der Waals surface area contributed by atoms with Gasteiger partial charge in [-0.15, -0.1) is 0 Å². The second-order valence-corrected chi connectivity index (χ2v) is 9.96. The lowest BCUT2D eigenvalue weighted by Gasteiger charge is -2.06. The number of fused-ring (bicyclic) bond motifs is 2. The number of hydrogen-bond acceptors (Lipinski definition) is 8. The number of carbonyl (C=O) groups excluding carboxylic acids is 6. The summed E-state index contributed by atoms with van der Waals surface area (Å²) < 4.78 is 9.38. The fraction of sp³-hybridized carbons (Fsp3) is 0.412. The van der Waals surface area contributed by atoms with Crippen molar-refractivity contribution in [3.63, 3.8) is 0 Å². The molecule has 8 nitrogen and oxygen atoms in total. The van der Waals surface area contributed by atoms with Crippen LogP contribution >= 0.6 is 0 Å². The van der Waals surface area contributed by atoms with Gasteiger partial charge >= 0.3 is 0 Å². The number of hydrogen-bond donors (Lipinski definition) is 0. The van der Waals surface area contributed by atoms with Crippen LogP contribution in [0.1, 0.15) is 106 Å². The van der Waals surface area contributed by atoms with Gasteiger partial charge in [0.25, 0.3) is 0 Å². The van der Waals surface area contributed by atoms with Gasteiger partial charge < -0.3 is 9.47 Å². The molecule has 0 aromatic heterocycles. The first-order valence-electron chi connectivity index (χ1n) is 14.2. The van der Waals surface area contributed by atoms with E-state index >= 15 is 0 Å². The average Bonchev–Trinajstić information content (AvgIpc) is 3.40. The highest BCUT2D eigenvalue weighted by molar-refractivity contribution is 6.36. The number of Topliss-reactive ketones (excluding diaryl/α,β-unsaturated/α-hetero) is 5. The van der Waals surface area contributed by atoms with Crippen LogP contribution in [0.15, 0.2) is 43.0 Å². The van der Waals surface area contributed by atoms with E-state index in [1.54, 1.807) is 40.2 Å². The van der Waals surface area contributed by atoms with E-state index < -0.39 is 35.0 Å². The Morgan fingerprint density at radius 2 is 1.05 bits per heavy atom. The van der Waals surface area contributed by atoms with Gasteiger partial charge in [-0.2, -0.15) is 0 Å². The molecular weight excluding hydrogens is 536 g/mol. The Bertz CT molecular complexity index is 1280. The van der Waals surface area contributed by atoms with Crippen LogP contribution in [0.4, 0.5) is 0 Å². The van der Waals surface area contributed by atoms with E-state index in [4.69, 9.17) is 9.47 Å². The first-order chi connectivity index (χ1) is 20.0. The third-order valence-electron chi connectivity index (χ3n) is 7.00. The summed E-state index contributed by atoms with van der Waals surface area (Å²) in [6.07, 6.45) is 2.52. The van der Waals surface area contributed by atoms with Gasteiger partial charge in [0.1, 0.15) is 17.6 Å². The standard InChI is InChI=1S/C26H20O6.2C4H10O/c1-4-19(27)21-12(3)15-8-6-13(10-17(15)25(21)31)23(29)14-7-9-16-18(11-14)26(32)22(24(16)30)20(28)5-2;2*1-3-4-5-2/h6-11,21-22H,3-5H2,1-2H3;2*3-4H2,1-2H3. The van der Waals surface area contributed by atoms with Gasteiger partial charge in [-0.25, -0.2) is 0 Å². The fourth-order valence-corrected chi connectivity index (χ4v) is 4.79. The predicted octanol–water partition coefficient (Wildman–Crippen LogP) is 5.78.